The van der Waals surface area contributed by atoms with Crippen molar-refractivity contribution in [2.75, 3.05) is 20.2 Å². The molecule has 1 saturated heterocycles. The van der Waals surface area contributed by atoms with E-state index in [1.165, 1.54) is 11.4 Å². The second-order valence-corrected chi connectivity index (χ2v) is 11.2. The van der Waals surface area contributed by atoms with Gasteiger partial charge >= 0.3 is 0 Å². The van der Waals surface area contributed by atoms with Crippen LogP contribution in [0, 0.1) is 13.8 Å². The summed E-state index contributed by atoms with van der Waals surface area (Å²) in [6, 6.07) is 11.7. The van der Waals surface area contributed by atoms with Crippen molar-refractivity contribution < 1.29 is 21.6 Å². The topological polar surface area (TPSA) is 80.8 Å². The SMILES string of the molecule is COc1cc(C)c(C)cc1S(=O)(=O)N1CCC(S(=O)(=O)c2ccccc2)CC1. The normalized spacial score (nSPS) is 16.8. The van der Waals surface area contributed by atoms with Gasteiger partial charge in [0.1, 0.15) is 10.6 Å². The molecule has 0 saturated carbocycles. The Morgan fingerprint density at radius 3 is 2.07 bits per heavy atom. The summed E-state index contributed by atoms with van der Waals surface area (Å²) in [6.07, 6.45) is 0.535. The maximum atomic E-state index is 13.2. The van der Waals surface area contributed by atoms with E-state index in [4.69, 9.17) is 4.74 Å². The Labute approximate surface area is 167 Å². The number of sulfonamides is 1. The van der Waals surface area contributed by atoms with Crippen LogP contribution in [0.25, 0.3) is 0 Å². The number of nitrogens with zero attached hydrogens (tertiary/aromatic N) is 1. The van der Waals surface area contributed by atoms with Gasteiger partial charge in [0.15, 0.2) is 9.84 Å². The minimum atomic E-state index is -3.76. The fourth-order valence-corrected chi connectivity index (χ4v) is 6.89. The molecular weight excluding hydrogens is 398 g/mol. The summed E-state index contributed by atoms with van der Waals surface area (Å²) in [5, 5.41) is -0.581. The Hall–Kier alpha value is -1.90. The number of sulfone groups is 1. The van der Waals surface area contributed by atoms with Crippen molar-refractivity contribution in [3.8, 4) is 5.75 Å². The minimum Gasteiger partial charge on any atom is -0.495 e. The van der Waals surface area contributed by atoms with Crippen LogP contribution in [0.3, 0.4) is 0 Å². The summed E-state index contributed by atoms with van der Waals surface area (Å²) >= 11 is 0. The third kappa shape index (κ3) is 3.81. The Kier molecular flexibility index (Phi) is 5.84. The van der Waals surface area contributed by atoms with E-state index in [-0.39, 0.29) is 35.7 Å². The lowest BCUT2D eigenvalue weighted by molar-refractivity contribution is 0.342. The molecule has 0 aliphatic carbocycles. The molecule has 0 amide bonds. The number of aryl methyl sites for hydroxylation is 2. The number of ether oxygens (including phenoxy) is 1. The average molecular weight is 424 g/mol. The predicted octanol–water partition coefficient (Wildman–Crippen LogP) is 2.94. The van der Waals surface area contributed by atoms with Gasteiger partial charge in [0.25, 0.3) is 0 Å². The van der Waals surface area contributed by atoms with Crippen molar-refractivity contribution in [2.45, 2.75) is 41.7 Å². The van der Waals surface area contributed by atoms with E-state index in [0.717, 1.165) is 11.1 Å². The van der Waals surface area contributed by atoms with Gasteiger partial charge in [-0.3, -0.25) is 0 Å². The highest BCUT2D eigenvalue weighted by Crippen LogP contribution is 2.32. The van der Waals surface area contributed by atoms with E-state index < -0.39 is 25.1 Å². The zero-order valence-electron chi connectivity index (χ0n) is 16.3. The van der Waals surface area contributed by atoms with Crippen molar-refractivity contribution in [1.82, 2.24) is 4.31 Å². The molecule has 1 aliphatic heterocycles. The van der Waals surface area contributed by atoms with Crippen LogP contribution in [0.15, 0.2) is 52.3 Å². The van der Waals surface area contributed by atoms with Crippen molar-refractivity contribution in [2.24, 2.45) is 0 Å². The molecular formula is C20H25NO5S2. The van der Waals surface area contributed by atoms with Crippen molar-refractivity contribution in [3.05, 3.63) is 53.6 Å². The van der Waals surface area contributed by atoms with Crippen molar-refractivity contribution in [3.63, 3.8) is 0 Å². The third-order valence-corrected chi connectivity index (χ3v) is 9.51. The number of benzene rings is 2. The average Bonchev–Trinajstić information content (AvgIpc) is 2.70. The molecule has 0 bridgehead atoms. The second-order valence-electron chi connectivity index (χ2n) is 7.05. The fraction of sp³-hybridized carbons (Fsp3) is 0.400. The van der Waals surface area contributed by atoms with Crippen LogP contribution in [0.1, 0.15) is 24.0 Å². The van der Waals surface area contributed by atoms with Crippen molar-refractivity contribution in [1.29, 1.82) is 0 Å². The highest BCUT2D eigenvalue weighted by molar-refractivity contribution is 7.92. The first-order chi connectivity index (χ1) is 13.2. The zero-order chi connectivity index (χ0) is 20.5. The molecule has 0 radical (unpaired) electrons. The van der Waals surface area contributed by atoms with E-state index in [1.807, 2.05) is 13.8 Å². The second kappa shape index (κ2) is 7.85. The van der Waals surface area contributed by atoms with Crippen LogP contribution >= 0.6 is 0 Å². The molecule has 2 aromatic rings. The smallest absolute Gasteiger partial charge is 0.246 e. The lowest BCUT2D eigenvalue weighted by Gasteiger charge is -2.31. The summed E-state index contributed by atoms with van der Waals surface area (Å²) in [7, 11) is -5.78. The number of rotatable bonds is 5. The lowest BCUT2D eigenvalue weighted by Crippen LogP contribution is -2.42. The van der Waals surface area contributed by atoms with Crippen LogP contribution in [-0.4, -0.2) is 46.6 Å². The van der Waals surface area contributed by atoms with Crippen LogP contribution in [0.4, 0.5) is 0 Å². The van der Waals surface area contributed by atoms with E-state index in [1.54, 1.807) is 42.5 Å². The fourth-order valence-electron chi connectivity index (χ4n) is 3.45. The number of hydrogen-bond donors (Lipinski definition) is 0. The predicted molar refractivity (Wildman–Crippen MR) is 108 cm³/mol. The molecule has 152 valence electrons. The Bertz CT molecular complexity index is 1060. The number of methoxy groups -OCH3 is 1. The molecule has 0 aromatic heterocycles. The molecule has 0 N–H and O–H groups in total. The van der Waals surface area contributed by atoms with Crippen molar-refractivity contribution >= 4 is 19.9 Å². The van der Waals surface area contributed by atoms with Crippen LogP contribution in [0.2, 0.25) is 0 Å². The molecule has 1 heterocycles. The van der Waals surface area contributed by atoms with Gasteiger partial charge < -0.3 is 4.74 Å². The summed E-state index contributed by atoms with van der Waals surface area (Å²) < 4.78 is 58.6. The highest BCUT2D eigenvalue weighted by atomic mass is 32.2. The van der Waals surface area contributed by atoms with Gasteiger partial charge in [0.05, 0.1) is 17.3 Å². The Morgan fingerprint density at radius 1 is 0.929 bits per heavy atom. The van der Waals surface area contributed by atoms with Gasteiger partial charge in [-0.2, -0.15) is 4.31 Å². The zero-order valence-corrected chi connectivity index (χ0v) is 17.9. The molecule has 0 spiro atoms. The van der Waals surface area contributed by atoms with E-state index in [0.29, 0.717) is 5.75 Å². The molecule has 0 atom stereocenters. The van der Waals surface area contributed by atoms with Crippen LogP contribution in [0.5, 0.6) is 5.75 Å². The standard InChI is InChI=1S/C20H25NO5S2/c1-15-13-19(26-3)20(14-16(15)2)28(24,25)21-11-9-18(10-12-21)27(22,23)17-7-5-4-6-8-17/h4-8,13-14,18H,9-12H2,1-3H3. The monoisotopic (exact) mass is 423 g/mol. The summed E-state index contributed by atoms with van der Waals surface area (Å²) in [5.41, 5.74) is 1.81. The maximum Gasteiger partial charge on any atom is 0.246 e. The van der Waals surface area contributed by atoms with Gasteiger partial charge in [0.2, 0.25) is 10.0 Å². The van der Waals surface area contributed by atoms with Gasteiger partial charge in [-0.05, 0) is 62.1 Å². The number of piperidine rings is 1. The molecule has 28 heavy (non-hydrogen) atoms. The molecule has 1 aliphatic rings. The first kappa shape index (κ1) is 20.8. The summed E-state index contributed by atoms with van der Waals surface area (Å²) in [6.45, 7) is 4.07. The Morgan fingerprint density at radius 2 is 1.50 bits per heavy atom. The molecule has 0 unspecified atom stereocenters. The van der Waals surface area contributed by atoms with Gasteiger partial charge in [-0.15, -0.1) is 0 Å². The van der Waals surface area contributed by atoms with Gasteiger partial charge in [0, 0.05) is 13.1 Å². The Balaban J connectivity index is 1.82. The van der Waals surface area contributed by atoms with E-state index >= 15 is 0 Å². The van der Waals surface area contributed by atoms with Crippen LogP contribution in [-0.2, 0) is 19.9 Å². The molecule has 2 aromatic carbocycles. The molecule has 8 heteroatoms. The summed E-state index contributed by atoms with van der Waals surface area (Å²) in [5.74, 6) is 0.308. The van der Waals surface area contributed by atoms with Gasteiger partial charge in [-0.1, -0.05) is 18.2 Å². The highest BCUT2D eigenvalue weighted by Gasteiger charge is 2.36. The lowest BCUT2D eigenvalue weighted by atomic mass is 10.1. The molecule has 1 fully saturated rings. The molecule has 6 nitrogen and oxygen atoms in total. The van der Waals surface area contributed by atoms with E-state index in [2.05, 4.69) is 0 Å². The quantitative estimate of drug-likeness (QED) is 0.739. The summed E-state index contributed by atoms with van der Waals surface area (Å²) in [4.78, 5) is 0.412. The maximum absolute atomic E-state index is 13.2. The molecule has 3 rings (SSSR count). The third-order valence-electron chi connectivity index (χ3n) is 5.31. The van der Waals surface area contributed by atoms with Crippen LogP contribution < -0.4 is 4.74 Å². The van der Waals surface area contributed by atoms with E-state index in [9.17, 15) is 16.8 Å². The van der Waals surface area contributed by atoms with Gasteiger partial charge in [-0.25, -0.2) is 16.8 Å². The number of hydrogen-bond acceptors (Lipinski definition) is 5. The largest absolute Gasteiger partial charge is 0.495 e. The first-order valence-electron chi connectivity index (χ1n) is 9.12. The minimum absolute atomic E-state index is 0.127. The first-order valence-corrected chi connectivity index (χ1v) is 12.1.